The summed E-state index contributed by atoms with van der Waals surface area (Å²) in [5.41, 5.74) is 6.79. The van der Waals surface area contributed by atoms with E-state index in [-0.39, 0.29) is 12.0 Å². The maximum atomic E-state index is 12.2. The second-order valence-corrected chi connectivity index (χ2v) is 7.39. The third-order valence-corrected chi connectivity index (χ3v) is 4.55. The zero-order chi connectivity index (χ0) is 17.7. The number of likely N-dealkylation sites (tertiary alicyclic amines) is 1. The average molecular weight is 334 g/mol. The smallest absolute Gasteiger partial charge is 0.410 e. The molecule has 2 rings (SSSR count). The average Bonchev–Trinajstić information content (AvgIpc) is 2.55. The molecule has 0 aliphatic carbocycles. The monoisotopic (exact) mass is 334 g/mol. The number of nitrogens with two attached hydrogens (primary N) is 1. The molecule has 1 aliphatic heterocycles. The van der Waals surface area contributed by atoms with Crippen LogP contribution >= 0.6 is 0 Å². The molecule has 1 aliphatic rings. The van der Waals surface area contributed by atoms with Gasteiger partial charge in [-0.15, -0.1) is 0 Å². The van der Waals surface area contributed by atoms with Gasteiger partial charge in [-0.05, 0) is 57.7 Å². The van der Waals surface area contributed by atoms with Gasteiger partial charge in [0.25, 0.3) is 0 Å². The molecular weight excluding hydrogens is 304 g/mol. The predicted octanol–water partition coefficient (Wildman–Crippen LogP) is 3.38. The van der Waals surface area contributed by atoms with Crippen LogP contribution in [-0.4, -0.2) is 43.3 Å². The molecule has 5 heteroatoms. The minimum absolute atomic E-state index is 0.220. The van der Waals surface area contributed by atoms with Crippen LogP contribution in [-0.2, 0) is 4.74 Å². The quantitative estimate of drug-likeness (QED) is 0.917. The molecule has 1 atom stereocenters. The van der Waals surface area contributed by atoms with Crippen molar-refractivity contribution in [1.29, 1.82) is 0 Å². The van der Waals surface area contributed by atoms with Crippen LogP contribution < -0.4 is 10.5 Å². The van der Waals surface area contributed by atoms with Crippen LogP contribution in [0.3, 0.4) is 0 Å². The summed E-state index contributed by atoms with van der Waals surface area (Å²) in [5.74, 6) is 1.59. The van der Waals surface area contributed by atoms with Crippen molar-refractivity contribution in [3.63, 3.8) is 0 Å². The van der Waals surface area contributed by atoms with Crippen molar-refractivity contribution >= 4 is 6.09 Å². The molecule has 5 nitrogen and oxygen atoms in total. The Labute approximate surface area is 145 Å². The fourth-order valence-electron chi connectivity index (χ4n) is 3.36. The van der Waals surface area contributed by atoms with Gasteiger partial charge >= 0.3 is 6.09 Å². The van der Waals surface area contributed by atoms with E-state index < -0.39 is 5.60 Å². The van der Waals surface area contributed by atoms with E-state index >= 15 is 0 Å². The Bertz CT molecular complexity index is 546. The van der Waals surface area contributed by atoms with Gasteiger partial charge in [0, 0.05) is 19.0 Å². The molecule has 24 heavy (non-hydrogen) atoms. The van der Waals surface area contributed by atoms with Crippen LogP contribution in [0.15, 0.2) is 24.3 Å². The first kappa shape index (κ1) is 18.6. The second kappa shape index (κ2) is 7.88. The Morgan fingerprint density at radius 1 is 1.29 bits per heavy atom. The zero-order valence-corrected chi connectivity index (χ0v) is 15.2. The van der Waals surface area contributed by atoms with Crippen molar-refractivity contribution < 1.29 is 14.3 Å². The number of carbonyl (C=O) groups excluding carboxylic acids is 1. The Morgan fingerprint density at radius 3 is 2.46 bits per heavy atom. The highest BCUT2D eigenvalue weighted by Gasteiger charge is 2.31. The highest BCUT2D eigenvalue weighted by atomic mass is 16.6. The molecule has 134 valence electrons. The van der Waals surface area contributed by atoms with E-state index in [9.17, 15) is 4.79 Å². The molecule has 1 heterocycles. The van der Waals surface area contributed by atoms with E-state index in [0.29, 0.717) is 25.6 Å². The molecular formula is C19H30N2O3. The number of nitrogens with zero attached hydrogens (tertiary/aromatic N) is 1. The van der Waals surface area contributed by atoms with Crippen LogP contribution in [0, 0.1) is 5.92 Å². The van der Waals surface area contributed by atoms with Crippen LogP contribution in [0.2, 0.25) is 0 Å². The topological polar surface area (TPSA) is 64.8 Å². The summed E-state index contributed by atoms with van der Waals surface area (Å²) in [6, 6.07) is 8.07. The number of amides is 1. The molecule has 0 radical (unpaired) electrons. The standard InChI is InChI=1S/C19H30N2O3/c1-19(2,3)24-18(22)21-11-9-14(10-12-21)16(13-20)15-7-5-6-8-17(15)23-4/h5-8,14,16H,9-13,20H2,1-4H3. The molecule has 0 aromatic heterocycles. The molecule has 1 fully saturated rings. The lowest BCUT2D eigenvalue weighted by molar-refractivity contribution is 0.0174. The third kappa shape index (κ3) is 4.63. The van der Waals surface area contributed by atoms with Gasteiger partial charge in [-0.1, -0.05) is 18.2 Å². The highest BCUT2D eigenvalue weighted by Crippen LogP contribution is 2.36. The lowest BCUT2D eigenvalue weighted by Gasteiger charge is -2.36. The van der Waals surface area contributed by atoms with Crippen LogP contribution in [0.1, 0.15) is 45.1 Å². The van der Waals surface area contributed by atoms with Crippen molar-refractivity contribution in [3.05, 3.63) is 29.8 Å². The van der Waals surface area contributed by atoms with Gasteiger partial charge in [-0.3, -0.25) is 0 Å². The van der Waals surface area contributed by atoms with Crippen molar-refractivity contribution in [2.45, 2.75) is 45.1 Å². The summed E-state index contributed by atoms with van der Waals surface area (Å²) in [6.45, 7) is 7.69. The number of hydrogen-bond acceptors (Lipinski definition) is 4. The zero-order valence-electron chi connectivity index (χ0n) is 15.2. The fraction of sp³-hybridized carbons (Fsp3) is 0.632. The van der Waals surface area contributed by atoms with E-state index in [1.165, 1.54) is 5.56 Å². The van der Waals surface area contributed by atoms with Gasteiger partial charge in [-0.25, -0.2) is 4.79 Å². The normalized spacial score (nSPS) is 17.5. The van der Waals surface area contributed by atoms with E-state index in [1.54, 1.807) is 12.0 Å². The van der Waals surface area contributed by atoms with Gasteiger partial charge in [-0.2, -0.15) is 0 Å². The number of piperidine rings is 1. The van der Waals surface area contributed by atoms with Crippen molar-refractivity contribution in [1.82, 2.24) is 4.90 Å². The molecule has 0 bridgehead atoms. The Hall–Kier alpha value is -1.75. The minimum atomic E-state index is -0.453. The van der Waals surface area contributed by atoms with Crippen molar-refractivity contribution in [2.24, 2.45) is 11.7 Å². The Balaban J connectivity index is 2.01. The summed E-state index contributed by atoms with van der Waals surface area (Å²) < 4.78 is 11.0. The minimum Gasteiger partial charge on any atom is -0.496 e. The van der Waals surface area contributed by atoms with Gasteiger partial charge in [0.05, 0.1) is 7.11 Å². The van der Waals surface area contributed by atoms with Crippen molar-refractivity contribution in [2.75, 3.05) is 26.7 Å². The molecule has 1 unspecified atom stereocenters. The van der Waals surface area contributed by atoms with E-state index in [1.807, 2.05) is 39.0 Å². The van der Waals surface area contributed by atoms with Crippen LogP contribution in [0.5, 0.6) is 5.75 Å². The highest BCUT2D eigenvalue weighted by molar-refractivity contribution is 5.68. The predicted molar refractivity (Wildman–Crippen MR) is 95.3 cm³/mol. The lowest BCUT2D eigenvalue weighted by Crippen LogP contribution is -2.43. The molecule has 1 aromatic rings. The Morgan fingerprint density at radius 2 is 1.92 bits per heavy atom. The molecule has 1 saturated heterocycles. The van der Waals surface area contributed by atoms with E-state index in [0.717, 1.165) is 18.6 Å². The third-order valence-electron chi connectivity index (χ3n) is 4.55. The molecule has 1 aromatic carbocycles. The maximum Gasteiger partial charge on any atom is 0.410 e. The number of ether oxygens (including phenoxy) is 2. The second-order valence-electron chi connectivity index (χ2n) is 7.39. The first-order valence-electron chi connectivity index (χ1n) is 8.66. The number of benzene rings is 1. The summed E-state index contributed by atoms with van der Waals surface area (Å²) in [7, 11) is 1.69. The first-order valence-corrected chi connectivity index (χ1v) is 8.66. The number of rotatable bonds is 4. The lowest BCUT2D eigenvalue weighted by atomic mass is 9.80. The largest absolute Gasteiger partial charge is 0.496 e. The van der Waals surface area contributed by atoms with Gasteiger partial charge in [0.15, 0.2) is 0 Å². The number of methoxy groups -OCH3 is 1. The fourth-order valence-corrected chi connectivity index (χ4v) is 3.36. The summed E-state index contributed by atoms with van der Waals surface area (Å²) in [6.07, 6.45) is 1.64. The van der Waals surface area contributed by atoms with Gasteiger partial charge in [0.1, 0.15) is 11.4 Å². The van der Waals surface area contributed by atoms with Crippen molar-refractivity contribution in [3.8, 4) is 5.75 Å². The van der Waals surface area contributed by atoms with E-state index in [2.05, 4.69) is 6.07 Å². The summed E-state index contributed by atoms with van der Waals surface area (Å²) >= 11 is 0. The van der Waals surface area contributed by atoms with Crippen LogP contribution in [0.4, 0.5) is 4.79 Å². The number of hydrogen-bond donors (Lipinski definition) is 1. The van der Waals surface area contributed by atoms with Gasteiger partial charge in [0.2, 0.25) is 0 Å². The number of para-hydroxylation sites is 1. The number of carbonyl (C=O) groups is 1. The SMILES string of the molecule is COc1ccccc1C(CN)C1CCN(C(=O)OC(C)(C)C)CC1. The molecule has 2 N–H and O–H groups in total. The summed E-state index contributed by atoms with van der Waals surface area (Å²) in [5, 5.41) is 0. The molecule has 0 spiro atoms. The molecule has 1 amide bonds. The Kier molecular flexibility index (Phi) is 6.10. The maximum absolute atomic E-state index is 12.2. The molecule has 0 saturated carbocycles. The summed E-state index contributed by atoms with van der Waals surface area (Å²) in [4.78, 5) is 14.0. The van der Waals surface area contributed by atoms with Gasteiger partial charge < -0.3 is 20.1 Å². The van der Waals surface area contributed by atoms with E-state index in [4.69, 9.17) is 15.2 Å². The van der Waals surface area contributed by atoms with Crippen LogP contribution in [0.25, 0.3) is 0 Å². The first-order chi connectivity index (χ1) is 11.4.